The minimum Gasteiger partial charge on any atom is -0.497 e. The Hall–Kier alpha value is -4.31. The van der Waals surface area contributed by atoms with Gasteiger partial charge >= 0.3 is 0 Å². The highest BCUT2D eigenvalue weighted by Gasteiger charge is 2.34. The zero-order valence-corrected chi connectivity index (χ0v) is 21.3. The first kappa shape index (κ1) is 26.7. The van der Waals surface area contributed by atoms with Crippen molar-refractivity contribution in [1.29, 1.82) is 0 Å². The molecule has 3 amide bonds. The minimum atomic E-state index is -1.05. The van der Waals surface area contributed by atoms with Gasteiger partial charge in [-0.2, -0.15) is 0 Å². The van der Waals surface area contributed by atoms with Crippen LogP contribution in [-0.2, 0) is 14.3 Å². The normalized spacial score (nSPS) is 15.4. The molecular weight excluding hydrogens is 490 g/mol. The zero-order valence-electron chi connectivity index (χ0n) is 21.3. The molecule has 2 N–H and O–H groups in total. The molecule has 1 aromatic heterocycles. The van der Waals surface area contributed by atoms with E-state index in [1.165, 1.54) is 31.4 Å². The van der Waals surface area contributed by atoms with E-state index in [9.17, 15) is 14.4 Å². The fourth-order valence-electron chi connectivity index (χ4n) is 4.27. The van der Waals surface area contributed by atoms with E-state index in [1.807, 2.05) is 6.07 Å². The smallest absolute Gasteiger partial charge is 0.287 e. The van der Waals surface area contributed by atoms with Gasteiger partial charge in [0.05, 0.1) is 38.8 Å². The largest absolute Gasteiger partial charge is 0.497 e. The van der Waals surface area contributed by atoms with Gasteiger partial charge in [0.2, 0.25) is 11.8 Å². The molecule has 1 aliphatic heterocycles. The summed E-state index contributed by atoms with van der Waals surface area (Å²) in [5.74, 6) is -0.529. The molecule has 10 heteroatoms. The van der Waals surface area contributed by atoms with Gasteiger partial charge in [-0.25, -0.2) is 0 Å². The van der Waals surface area contributed by atoms with Gasteiger partial charge in [-0.15, -0.1) is 0 Å². The molecule has 2 aromatic carbocycles. The molecule has 3 aromatic rings. The van der Waals surface area contributed by atoms with Gasteiger partial charge in [0.15, 0.2) is 5.76 Å². The fourth-order valence-corrected chi connectivity index (χ4v) is 4.27. The number of benzene rings is 2. The van der Waals surface area contributed by atoms with Crippen molar-refractivity contribution in [3.8, 4) is 11.5 Å². The predicted molar refractivity (Wildman–Crippen MR) is 139 cm³/mol. The summed E-state index contributed by atoms with van der Waals surface area (Å²) < 4.78 is 21.6. The average molecular weight is 522 g/mol. The number of nitrogens with one attached hydrogen (secondary N) is 2. The molecule has 200 valence electrons. The maximum atomic E-state index is 13.8. The first-order valence-corrected chi connectivity index (χ1v) is 12.3. The fraction of sp³-hybridized carbons (Fsp3) is 0.321. The van der Waals surface area contributed by atoms with E-state index in [-0.39, 0.29) is 24.3 Å². The molecular formula is C28H31N3O7. The van der Waals surface area contributed by atoms with Crippen LogP contribution in [0.5, 0.6) is 11.5 Å². The maximum Gasteiger partial charge on any atom is 0.287 e. The molecule has 38 heavy (non-hydrogen) atoms. The van der Waals surface area contributed by atoms with Crippen LogP contribution < -0.4 is 25.0 Å². The van der Waals surface area contributed by atoms with Crippen molar-refractivity contribution in [3.05, 3.63) is 78.3 Å². The summed E-state index contributed by atoms with van der Waals surface area (Å²) >= 11 is 0. The molecule has 0 radical (unpaired) electrons. The van der Waals surface area contributed by atoms with Crippen LogP contribution in [0.4, 0.5) is 5.69 Å². The summed E-state index contributed by atoms with van der Waals surface area (Å²) in [4.78, 5) is 41.3. The van der Waals surface area contributed by atoms with E-state index in [1.54, 1.807) is 48.5 Å². The Labute approximate surface area is 220 Å². The number of ether oxygens (including phenoxy) is 3. The second kappa shape index (κ2) is 12.8. The van der Waals surface area contributed by atoms with E-state index in [4.69, 9.17) is 18.6 Å². The van der Waals surface area contributed by atoms with Crippen LogP contribution in [0.1, 0.15) is 35.0 Å². The Kier molecular flexibility index (Phi) is 8.99. The lowest BCUT2D eigenvalue weighted by molar-refractivity contribution is -0.126. The first-order chi connectivity index (χ1) is 18.5. The van der Waals surface area contributed by atoms with Crippen LogP contribution in [0.25, 0.3) is 0 Å². The molecule has 0 unspecified atom stereocenters. The zero-order chi connectivity index (χ0) is 26.9. The molecule has 10 nitrogen and oxygen atoms in total. The first-order valence-electron chi connectivity index (χ1n) is 12.3. The molecule has 2 atom stereocenters. The summed E-state index contributed by atoms with van der Waals surface area (Å²) in [6, 6.07) is 15.9. The summed E-state index contributed by atoms with van der Waals surface area (Å²) in [7, 11) is 2.99. The lowest BCUT2D eigenvalue weighted by Crippen LogP contribution is -2.48. The number of carbonyl (C=O) groups is 3. The maximum absolute atomic E-state index is 13.8. The second-order valence-electron chi connectivity index (χ2n) is 8.69. The molecule has 0 aliphatic carbocycles. The van der Waals surface area contributed by atoms with Crippen molar-refractivity contribution in [2.45, 2.75) is 25.0 Å². The van der Waals surface area contributed by atoms with Crippen molar-refractivity contribution in [2.75, 3.05) is 38.8 Å². The highest BCUT2D eigenvalue weighted by Crippen LogP contribution is 2.34. The predicted octanol–water partition coefficient (Wildman–Crippen LogP) is 3.10. The number of hydrogen-bond acceptors (Lipinski definition) is 7. The molecule has 0 spiro atoms. The highest BCUT2D eigenvalue weighted by molar-refractivity contribution is 6.04. The van der Waals surface area contributed by atoms with Crippen LogP contribution in [-0.4, -0.2) is 57.7 Å². The van der Waals surface area contributed by atoms with Crippen LogP contribution in [0.2, 0.25) is 0 Å². The lowest BCUT2D eigenvalue weighted by atomic mass is 10.0. The summed E-state index contributed by atoms with van der Waals surface area (Å²) in [5, 5.41) is 5.53. The number of rotatable bonds is 11. The molecule has 4 rings (SSSR count). The third kappa shape index (κ3) is 6.51. The van der Waals surface area contributed by atoms with Crippen molar-refractivity contribution in [1.82, 2.24) is 10.6 Å². The standard InChI is InChI=1S/C28H31N3O7/c1-35-22-14-20(15-23(16-22)36-2)31(25(32)18-30-27(33)24-11-7-13-38-24)26(19-8-4-3-5-9-19)28(34)29-17-21-10-6-12-37-21/h3-5,7-9,11,13-16,21,26H,6,10,12,17-18H2,1-2H3,(H,29,34)(H,30,33)/t21-,26+/m0/s1. The Morgan fingerprint density at radius 3 is 2.34 bits per heavy atom. The van der Waals surface area contributed by atoms with Crippen molar-refractivity contribution in [3.63, 3.8) is 0 Å². The number of carbonyl (C=O) groups excluding carboxylic acids is 3. The Morgan fingerprint density at radius 2 is 1.74 bits per heavy atom. The third-order valence-corrected chi connectivity index (χ3v) is 6.18. The van der Waals surface area contributed by atoms with Crippen LogP contribution >= 0.6 is 0 Å². The van der Waals surface area contributed by atoms with Crippen molar-refractivity contribution < 1.29 is 33.0 Å². The van der Waals surface area contributed by atoms with E-state index in [0.717, 1.165) is 12.8 Å². The monoisotopic (exact) mass is 521 g/mol. The Bertz CT molecular complexity index is 1200. The van der Waals surface area contributed by atoms with Gasteiger partial charge in [0.25, 0.3) is 5.91 Å². The molecule has 1 saturated heterocycles. The van der Waals surface area contributed by atoms with Gasteiger partial charge in [-0.05, 0) is 30.5 Å². The van der Waals surface area contributed by atoms with Gasteiger partial charge in [-0.3, -0.25) is 19.3 Å². The number of methoxy groups -OCH3 is 2. The lowest BCUT2D eigenvalue weighted by Gasteiger charge is -2.32. The Morgan fingerprint density at radius 1 is 1.00 bits per heavy atom. The summed E-state index contributed by atoms with van der Waals surface area (Å²) in [6.45, 7) is 0.592. The SMILES string of the molecule is COc1cc(OC)cc(N(C(=O)CNC(=O)c2ccco2)[C@@H](C(=O)NC[C@@H]2CCCO2)c2ccccc2)c1. The molecule has 2 heterocycles. The number of furan rings is 1. The highest BCUT2D eigenvalue weighted by atomic mass is 16.5. The number of hydrogen-bond donors (Lipinski definition) is 2. The second-order valence-corrected chi connectivity index (χ2v) is 8.69. The van der Waals surface area contributed by atoms with Gasteiger partial charge in [0.1, 0.15) is 17.5 Å². The molecule has 0 saturated carbocycles. The van der Waals surface area contributed by atoms with Crippen molar-refractivity contribution in [2.24, 2.45) is 0 Å². The number of anilines is 1. The number of amides is 3. The quantitative estimate of drug-likeness (QED) is 0.398. The number of nitrogens with zero attached hydrogens (tertiary/aromatic N) is 1. The van der Waals surface area contributed by atoms with Crippen LogP contribution in [0.15, 0.2) is 71.3 Å². The van der Waals surface area contributed by atoms with E-state index >= 15 is 0 Å². The van der Waals surface area contributed by atoms with E-state index in [2.05, 4.69) is 10.6 Å². The topological polar surface area (TPSA) is 119 Å². The van der Waals surface area contributed by atoms with Crippen molar-refractivity contribution >= 4 is 23.4 Å². The van der Waals surface area contributed by atoms with E-state index in [0.29, 0.717) is 35.9 Å². The third-order valence-electron chi connectivity index (χ3n) is 6.18. The Balaban J connectivity index is 1.70. The molecule has 1 aliphatic rings. The van der Waals surface area contributed by atoms with Crippen LogP contribution in [0, 0.1) is 0 Å². The minimum absolute atomic E-state index is 0.0707. The summed E-state index contributed by atoms with van der Waals surface area (Å²) in [6.07, 6.45) is 3.08. The average Bonchev–Trinajstić information content (AvgIpc) is 3.68. The van der Waals surface area contributed by atoms with Gasteiger partial charge < -0.3 is 29.3 Å². The van der Waals surface area contributed by atoms with Crippen LogP contribution in [0.3, 0.4) is 0 Å². The summed E-state index contributed by atoms with van der Waals surface area (Å²) in [5.41, 5.74) is 0.949. The van der Waals surface area contributed by atoms with Gasteiger partial charge in [0, 0.05) is 31.4 Å². The van der Waals surface area contributed by atoms with E-state index < -0.39 is 17.9 Å². The molecule has 1 fully saturated rings. The van der Waals surface area contributed by atoms with Gasteiger partial charge in [-0.1, -0.05) is 30.3 Å². The molecule has 0 bridgehead atoms.